The summed E-state index contributed by atoms with van der Waals surface area (Å²) in [5, 5.41) is 3.37. The van der Waals surface area contributed by atoms with E-state index in [9.17, 15) is 22.0 Å². The third kappa shape index (κ3) is 5.64. The van der Waals surface area contributed by atoms with Gasteiger partial charge in [0.15, 0.2) is 0 Å². The molecule has 0 fully saturated rings. The van der Waals surface area contributed by atoms with Crippen molar-refractivity contribution in [1.29, 1.82) is 0 Å². The molecule has 0 aromatic heterocycles. The number of halogens is 5. The van der Waals surface area contributed by atoms with Gasteiger partial charge in [0.25, 0.3) is 0 Å². The zero-order valence-corrected chi connectivity index (χ0v) is 15.7. The van der Waals surface area contributed by atoms with Crippen LogP contribution in [0, 0.1) is 11.6 Å². The molecule has 1 N–H and O–H groups in total. The van der Waals surface area contributed by atoms with Crippen LogP contribution in [-0.4, -0.2) is 6.04 Å². The van der Waals surface area contributed by atoms with Gasteiger partial charge >= 0.3 is 6.18 Å². The highest BCUT2D eigenvalue weighted by Crippen LogP contribution is 2.30. The predicted octanol–water partition coefficient (Wildman–Crippen LogP) is 6.29. The van der Waals surface area contributed by atoms with Gasteiger partial charge < -0.3 is 5.32 Å². The molecule has 6 heteroatoms. The van der Waals surface area contributed by atoms with Gasteiger partial charge in [-0.2, -0.15) is 13.2 Å². The van der Waals surface area contributed by atoms with Crippen LogP contribution in [0.2, 0.25) is 0 Å². The van der Waals surface area contributed by atoms with Crippen LogP contribution in [0.25, 0.3) is 0 Å². The van der Waals surface area contributed by atoms with Gasteiger partial charge in [0, 0.05) is 6.04 Å². The topological polar surface area (TPSA) is 12.0 Å². The molecule has 0 amide bonds. The molecule has 0 bridgehead atoms. The van der Waals surface area contributed by atoms with E-state index in [1.807, 2.05) is 6.92 Å². The van der Waals surface area contributed by atoms with Crippen LogP contribution in [0.5, 0.6) is 0 Å². The molecule has 1 nitrogen and oxygen atoms in total. The number of hydrogen-bond acceptors (Lipinski definition) is 1. The Morgan fingerprint density at radius 1 is 0.793 bits per heavy atom. The Labute approximate surface area is 166 Å². The lowest BCUT2D eigenvalue weighted by molar-refractivity contribution is -0.137. The van der Waals surface area contributed by atoms with E-state index in [0.717, 1.165) is 23.3 Å². The fourth-order valence-electron chi connectivity index (χ4n) is 3.27. The maximum atomic E-state index is 13.3. The first kappa shape index (κ1) is 21.0. The van der Waals surface area contributed by atoms with Crippen molar-refractivity contribution >= 4 is 0 Å². The summed E-state index contributed by atoms with van der Waals surface area (Å²) in [6, 6.07) is 16.5. The highest BCUT2D eigenvalue weighted by atomic mass is 19.4. The Hall–Kier alpha value is -2.73. The van der Waals surface area contributed by atoms with Crippen LogP contribution in [0.3, 0.4) is 0 Å². The molecule has 0 radical (unpaired) electrons. The van der Waals surface area contributed by atoms with Gasteiger partial charge in [-0.05, 0) is 60.4 Å². The van der Waals surface area contributed by atoms with Crippen molar-refractivity contribution < 1.29 is 22.0 Å². The number of alkyl halides is 3. The molecule has 0 aliphatic carbocycles. The zero-order chi connectivity index (χ0) is 21.0. The molecule has 152 valence electrons. The van der Waals surface area contributed by atoms with Crippen molar-refractivity contribution in [3.05, 3.63) is 107 Å². The zero-order valence-electron chi connectivity index (χ0n) is 15.7. The van der Waals surface area contributed by atoms with Crippen LogP contribution >= 0.6 is 0 Å². The molecule has 1 unspecified atom stereocenters. The SMILES string of the molecule is CC(Cc1cccc(C(F)(F)F)c1)NC(c1ccc(F)cc1)c1ccc(F)cc1. The normalized spacial score (nSPS) is 12.9. The van der Waals surface area contributed by atoms with Crippen LogP contribution in [0.15, 0.2) is 72.8 Å². The quantitative estimate of drug-likeness (QED) is 0.475. The van der Waals surface area contributed by atoms with E-state index in [-0.39, 0.29) is 23.7 Å². The predicted molar refractivity (Wildman–Crippen MR) is 102 cm³/mol. The van der Waals surface area contributed by atoms with Gasteiger partial charge in [0.05, 0.1) is 11.6 Å². The highest BCUT2D eigenvalue weighted by molar-refractivity contribution is 5.33. The summed E-state index contributed by atoms with van der Waals surface area (Å²) in [5.74, 6) is -0.743. The molecule has 0 aliphatic rings. The smallest absolute Gasteiger partial charge is 0.303 e. The average molecular weight is 405 g/mol. The fourth-order valence-corrected chi connectivity index (χ4v) is 3.27. The van der Waals surface area contributed by atoms with Crippen LogP contribution in [0.1, 0.15) is 35.2 Å². The van der Waals surface area contributed by atoms with Crippen molar-refractivity contribution in [3.8, 4) is 0 Å². The second kappa shape index (κ2) is 8.74. The van der Waals surface area contributed by atoms with E-state index in [1.54, 1.807) is 30.3 Å². The van der Waals surface area contributed by atoms with E-state index in [4.69, 9.17) is 0 Å². The molecule has 3 rings (SSSR count). The summed E-state index contributed by atoms with van der Waals surface area (Å²) in [6.45, 7) is 1.86. The maximum Gasteiger partial charge on any atom is 0.416 e. The number of rotatable bonds is 6. The molecule has 0 saturated carbocycles. The molecule has 0 heterocycles. The Balaban J connectivity index is 1.82. The van der Waals surface area contributed by atoms with Gasteiger partial charge in [0.2, 0.25) is 0 Å². The van der Waals surface area contributed by atoms with E-state index in [0.29, 0.717) is 12.0 Å². The lowest BCUT2D eigenvalue weighted by atomic mass is 9.96. The van der Waals surface area contributed by atoms with Gasteiger partial charge in [-0.25, -0.2) is 8.78 Å². The van der Waals surface area contributed by atoms with Crippen molar-refractivity contribution in [2.75, 3.05) is 0 Å². The summed E-state index contributed by atoms with van der Waals surface area (Å²) < 4.78 is 65.5. The van der Waals surface area contributed by atoms with Crippen LogP contribution in [0.4, 0.5) is 22.0 Å². The first-order valence-corrected chi connectivity index (χ1v) is 9.15. The summed E-state index contributed by atoms with van der Waals surface area (Å²) in [7, 11) is 0. The van der Waals surface area contributed by atoms with Crippen molar-refractivity contribution in [3.63, 3.8) is 0 Å². The minimum absolute atomic E-state index is 0.196. The number of hydrogen-bond donors (Lipinski definition) is 1. The van der Waals surface area contributed by atoms with E-state index in [1.165, 1.54) is 30.3 Å². The molecule has 0 aliphatic heterocycles. The Morgan fingerprint density at radius 2 is 1.31 bits per heavy atom. The molecule has 3 aromatic rings. The Morgan fingerprint density at radius 3 is 1.79 bits per heavy atom. The number of benzene rings is 3. The van der Waals surface area contributed by atoms with Gasteiger partial charge in [-0.1, -0.05) is 42.5 Å². The molecule has 0 saturated heterocycles. The fraction of sp³-hybridized carbons (Fsp3) is 0.217. The number of nitrogens with one attached hydrogen (secondary N) is 1. The third-order valence-electron chi connectivity index (χ3n) is 4.65. The van der Waals surface area contributed by atoms with E-state index in [2.05, 4.69) is 5.32 Å². The lowest BCUT2D eigenvalue weighted by Crippen LogP contribution is -2.33. The first-order chi connectivity index (χ1) is 13.7. The maximum absolute atomic E-state index is 13.3. The summed E-state index contributed by atoms with van der Waals surface area (Å²) in [6.07, 6.45) is -4.03. The monoisotopic (exact) mass is 405 g/mol. The summed E-state index contributed by atoms with van der Waals surface area (Å²) in [4.78, 5) is 0. The molecule has 3 aromatic carbocycles. The van der Waals surface area contributed by atoms with Crippen molar-refractivity contribution in [2.24, 2.45) is 0 Å². The highest BCUT2D eigenvalue weighted by Gasteiger charge is 2.30. The lowest BCUT2D eigenvalue weighted by Gasteiger charge is -2.25. The van der Waals surface area contributed by atoms with Crippen LogP contribution in [-0.2, 0) is 12.6 Å². The largest absolute Gasteiger partial charge is 0.416 e. The Kier molecular flexibility index (Phi) is 6.33. The van der Waals surface area contributed by atoms with E-state index >= 15 is 0 Å². The second-order valence-electron chi connectivity index (χ2n) is 7.01. The standard InChI is InChI=1S/C23H20F5N/c1-15(13-16-3-2-4-19(14-16)23(26,27)28)29-22(17-5-9-20(24)10-6-17)18-7-11-21(25)12-8-18/h2-12,14-15,22,29H,13H2,1H3. The van der Waals surface area contributed by atoms with Gasteiger partial charge in [-0.15, -0.1) is 0 Å². The van der Waals surface area contributed by atoms with Crippen molar-refractivity contribution in [1.82, 2.24) is 5.32 Å². The van der Waals surface area contributed by atoms with Crippen molar-refractivity contribution in [2.45, 2.75) is 31.6 Å². The first-order valence-electron chi connectivity index (χ1n) is 9.15. The summed E-state index contributed by atoms with van der Waals surface area (Å²) >= 11 is 0. The second-order valence-corrected chi connectivity index (χ2v) is 7.01. The molecule has 1 atom stereocenters. The minimum atomic E-state index is -4.39. The molecule has 29 heavy (non-hydrogen) atoms. The molecule has 0 spiro atoms. The summed E-state index contributed by atoms with van der Waals surface area (Å²) in [5.41, 5.74) is 1.41. The third-order valence-corrected chi connectivity index (χ3v) is 4.65. The minimum Gasteiger partial charge on any atom is -0.303 e. The molecular formula is C23H20F5N. The van der Waals surface area contributed by atoms with Gasteiger partial charge in [0.1, 0.15) is 11.6 Å². The Bertz CT molecular complexity index is 887. The average Bonchev–Trinajstić information content (AvgIpc) is 2.67. The molecular weight excluding hydrogens is 385 g/mol. The van der Waals surface area contributed by atoms with Gasteiger partial charge in [-0.3, -0.25) is 0 Å². The van der Waals surface area contributed by atoms with Crippen LogP contribution < -0.4 is 5.32 Å². The van der Waals surface area contributed by atoms with E-state index < -0.39 is 11.7 Å².